The van der Waals surface area contributed by atoms with Crippen molar-refractivity contribution in [1.29, 1.82) is 0 Å². The summed E-state index contributed by atoms with van der Waals surface area (Å²) in [4.78, 5) is 18.6. The normalized spacial score (nSPS) is 32.3. The molecular formula is C37H43F3N2O4. The number of rotatable bonds is 7. The summed E-state index contributed by atoms with van der Waals surface area (Å²) in [5.74, 6) is 1.28. The minimum absolute atomic E-state index is 0.0554. The van der Waals surface area contributed by atoms with E-state index in [1.807, 2.05) is 11.0 Å². The smallest absolute Gasteiger partial charge is 0.416 e. The number of nitrogens with zero attached hydrogens (tertiary/aromatic N) is 2. The molecule has 46 heavy (non-hydrogen) atoms. The SMILES string of the molecule is O=C(/C=C/c1cccc(C(F)(F)F)c1)N(CC1CCCCC1)C1CC[C@@]2(O)[C@H]3Cc4ccc(O)c5c4[C@@]2(CCN3CC2CC2)C1O5. The Labute approximate surface area is 268 Å². The number of phenols is 1. The fourth-order valence-electron chi connectivity index (χ4n) is 9.89. The third-order valence-corrected chi connectivity index (χ3v) is 12.2. The topological polar surface area (TPSA) is 73.2 Å². The van der Waals surface area contributed by atoms with E-state index in [0.717, 1.165) is 62.0 Å². The number of ether oxygens (including phenoxy) is 1. The number of carbonyl (C=O) groups excluding carboxylic acids is 1. The van der Waals surface area contributed by atoms with Crippen LogP contribution in [0.15, 0.2) is 42.5 Å². The van der Waals surface area contributed by atoms with E-state index >= 15 is 0 Å². The number of piperidine rings is 1. The number of likely N-dealkylation sites (tertiary alicyclic amines) is 1. The molecule has 0 aromatic heterocycles. The maximum absolute atomic E-state index is 14.2. The molecule has 6 nitrogen and oxygen atoms in total. The first-order chi connectivity index (χ1) is 22.1. The van der Waals surface area contributed by atoms with Gasteiger partial charge in [-0.25, -0.2) is 0 Å². The molecule has 5 atom stereocenters. The van der Waals surface area contributed by atoms with Crippen LogP contribution in [0.1, 0.15) is 86.5 Å². The highest BCUT2D eigenvalue weighted by atomic mass is 19.4. The number of aromatic hydroxyl groups is 1. The van der Waals surface area contributed by atoms with Gasteiger partial charge in [-0.1, -0.05) is 37.5 Å². The molecule has 2 unspecified atom stereocenters. The highest BCUT2D eigenvalue weighted by molar-refractivity contribution is 5.92. The minimum atomic E-state index is -4.47. The number of phenolic OH excluding ortho intramolecular Hbond substituents is 1. The fraction of sp³-hybridized carbons (Fsp3) is 0.595. The van der Waals surface area contributed by atoms with Crippen molar-refractivity contribution in [1.82, 2.24) is 9.80 Å². The highest BCUT2D eigenvalue weighted by Gasteiger charge is 2.73. The predicted molar refractivity (Wildman–Crippen MR) is 167 cm³/mol. The molecule has 2 N–H and O–H groups in total. The second-order valence-corrected chi connectivity index (χ2v) is 14.8. The van der Waals surface area contributed by atoms with Crippen LogP contribution in [0.4, 0.5) is 13.2 Å². The van der Waals surface area contributed by atoms with Crippen molar-refractivity contribution in [3.8, 4) is 11.5 Å². The quantitative estimate of drug-likeness (QED) is 0.341. The number of alkyl halides is 3. The summed E-state index contributed by atoms with van der Waals surface area (Å²) >= 11 is 0. The minimum Gasteiger partial charge on any atom is -0.504 e. The number of halogens is 3. The summed E-state index contributed by atoms with van der Waals surface area (Å²) < 4.78 is 47.0. The second-order valence-electron chi connectivity index (χ2n) is 14.8. The summed E-state index contributed by atoms with van der Waals surface area (Å²) in [5.41, 5.74) is -0.203. The van der Waals surface area contributed by atoms with Crippen molar-refractivity contribution in [3.63, 3.8) is 0 Å². The third kappa shape index (κ3) is 4.78. The van der Waals surface area contributed by atoms with E-state index in [4.69, 9.17) is 4.74 Å². The zero-order chi connectivity index (χ0) is 31.8. The first-order valence-electron chi connectivity index (χ1n) is 17.2. The van der Waals surface area contributed by atoms with Gasteiger partial charge in [-0.2, -0.15) is 13.2 Å². The Morgan fingerprint density at radius 3 is 2.61 bits per heavy atom. The van der Waals surface area contributed by atoms with Crippen molar-refractivity contribution < 1.29 is 32.9 Å². The summed E-state index contributed by atoms with van der Waals surface area (Å²) in [6, 6.07) is 8.30. The van der Waals surface area contributed by atoms with Crippen LogP contribution in [0, 0.1) is 11.8 Å². The van der Waals surface area contributed by atoms with Gasteiger partial charge in [-0.15, -0.1) is 0 Å². The Hall–Kier alpha value is -3.04. The number of hydrogen-bond acceptors (Lipinski definition) is 5. The maximum Gasteiger partial charge on any atom is 0.416 e. The van der Waals surface area contributed by atoms with Crippen molar-refractivity contribution >= 4 is 12.0 Å². The van der Waals surface area contributed by atoms with Gasteiger partial charge in [0.05, 0.1) is 22.6 Å². The zero-order valence-electron chi connectivity index (χ0n) is 26.1. The number of aliphatic hydroxyl groups is 1. The molecule has 4 fully saturated rings. The molecule has 1 amide bonds. The lowest BCUT2D eigenvalue weighted by Crippen LogP contribution is -2.78. The average Bonchev–Trinajstić information content (AvgIpc) is 3.79. The molecular weight excluding hydrogens is 593 g/mol. The monoisotopic (exact) mass is 636 g/mol. The van der Waals surface area contributed by atoms with Gasteiger partial charge in [0.15, 0.2) is 11.5 Å². The van der Waals surface area contributed by atoms with Crippen LogP contribution in [0.2, 0.25) is 0 Å². The Balaban J connectivity index is 1.16. The van der Waals surface area contributed by atoms with Gasteiger partial charge < -0.3 is 19.8 Å². The molecule has 4 aliphatic carbocycles. The molecule has 2 aromatic rings. The number of benzene rings is 2. The first kappa shape index (κ1) is 30.3. The summed E-state index contributed by atoms with van der Waals surface area (Å²) in [5, 5.41) is 24.0. The molecule has 9 heteroatoms. The van der Waals surface area contributed by atoms with Gasteiger partial charge in [0.1, 0.15) is 6.10 Å². The Morgan fingerprint density at radius 2 is 1.85 bits per heavy atom. The summed E-state index contributed by atoms with van der Waals surface area (Å²) in [6.45, 7) is 2.36. The van der Waals surface area contributed by atoms with Gasteiger partial charge in [0, 0.05) is 30.8 Å². The molecule has 3 saturated carbocycles. The third-order valence-electron chi connectivity index (χ3n) is 12.2. The lowest BCUT2D eigenvalue weighted by molar-refractivity contribution is -0.201. The van der Waals surface area contributed by atoms with E-state index in [2.05, 4.69) is 4.90 Å². The van der Waals surface area contributed by atoms with E-state index in [0.29, 0.717) is 55.4 Å². The molecule has 246 valence electrons. The predicted octanol–water partition coefficient (Wildman–Crippen LogP) is 6.47. The van der Waals surface area contributed by atoms with Crippen LogP contribution in [0.25, 0.3) is 6.08 Å². The van der Waals surface area contributed by atoms with Crippen LogP contribution in [-0.4, -0.2) is 69.3 Å². The maximum atomic E-state index is 14.2. The molecule has 0 radical (unpaired) electrons. The summed E-state index contributed by atoms with van der Waals surface area (Å²) in [6.07, 6.45) is 8.28. The van der Waals surface area contributed by atoms with E-state index < -0.39 is 28.9 Å². The fourth-order valence-corrected chi connectivity index (χ4v) is 9.89. The summed E-state index contributed by atoms with van der Waals surface area (Å²) in [7, 11) is 0. The first-order valence-corrected chi connectivity index (χ1v) is 17.2. The van der Waals surface area contributed by atoms with Crippen LogP contribution >= 0.6 is 0 Å². The van der Waals surface area contributed by atoms with Gasteiger partial charge >= 0.3 is 6.18 Å². The van der Waals surface area contributed by atoms with Gasteiger partial charge in [0.2, 0.25) is 5.91 Å². The molecule has 2 bridgehead atoms. The molecule has 6 aliphatic rings. The molecule has 8 rings (SSSR count). The van der Waals surface area contributed by atoms with Gasteiger partial charge in [0.25, 0.3) is 0 Å². The largest absolute Gasteiger partial charge is 0.504 e. The van der Waals surface area contributed by atoms with E-state index in [-0.39, 0.29) is 23.7 Å². The van der Waals surface area contributed by atoms with Crippen LogP contribution < -0.4 is 4.74 Å². The molecule has 2 aromatic carbocycles. The molecule has 1 spiro atoms. The van der Waals surface area contributed by atoms with Crippen molar-refractivity contribution in [2.45, 2.75) is 106 Å². The van der Waals surface area contributed by atoms with Crippen molar-refractivity contribution in [2.75, 3.05) is 19.6 Å². The number of carbonyl (C=O) groups is 1. The van der Waals surface area contributed by atoms with E-state index in [1.54, 1.807) is 12.1 Å². The van der Waals surface area contributed by atoms with E-state index in [1.165, 1.54) is 37.5 Å². The molecule has 2 aliphatic heterocycles. The number of amides is 1. The number of hydrogen-bond donors (Lipinski definition) is 2. The lowest BCUT2D eigenvalue weighted by Gasteiger charge is -2.65. The molecule has 1 saturated heterocycles. The second kappa shape index (κ2) is 11.0. The Morgan fingerprint density at radius 1 is 1.04 bits per heavy atom. The van der Waals surface area contributed by atoms with Crippen LogP contribution in [0.5, 0.6) is 11.5 Å². The van der Waals surface area contributed by atoms with Crippen molar-refractivity contribution in [3.05, 3.63) is 64.7 Å². The molecule has 2 heterocycles. The zero-order valence-corrected chi connectivity index (χ0v) is 26.1. The van der Waals surface area contributed by atoms with Gasteiger partial charge in [-0.3, -0.25) is 9.69 Å². The Bertz CT molecular complexity index is 1550. The van der Waals surface area contributed by atoms with Crippen molar-refractivity contribution in [2.24, 2.45) is 11.8 Å². The average molecular weight is 637 g/mol. The highest BCUT2D eigenvalue weighted by Crippen LogP contribution is 2.66. The standard InChI is InChI=1S/C37H43F3N2O4/c38-37(39,40)27-8-4-7-23(19-27)11-14-31(44)42(22-24-5-2-1-3-6-24)28-15-16-36(45)30-20-26-12-13-29(43)33-32(26)35(36,34(28)46-33)17-18-41(30)21-25-9-10-25/h4,7-8,11-14,19,24-25,28,30,34,43,45H,1-3,5-6,9-10,15-18,20-22H2/b14-11+/t28?,30-,34?,35+,36-/m1/s1. The Kier molecular flexibility index (Phi) is 7.25. The van der Waals surface area contributed by atoms with Gasteiger partial charge in [-0.05, 0) is 105 Å². The van der Waals surface area contributed by atoms with Crippen LogP contribution in [-0.2, 0) is 22.8 Å². The van der Waals surface area contributed by atoms with E-state index in [9.17, 15) is 28.2 Å². The van der Waals surface area contributed by atoms with Crippen LogP contribution in [0.3, 0.4) is 0 Å². The lowest BCUT2D eigenvalue weighted by atomic mass is 9.48.